The second-order valence-corrected chi connectivity index (χ2v) is 17.3. The lowest BCUT2D eigenvalue weighted by Gasteiger charge is -2.36. The first-order valence-electron chi connectivity index (χ1n) is 18.3. The minimum Gasteiger partial charge on any atom is -0.497 e. The topological polar surface area (TPSA) is 127 Å². The molecule has 8 rings (SSSR count). The Kier molecular flexibility index (Phi) is 8.43. The van der Waals surface area contributed by atoms with Gasteiger partial charge in [-0.2, -0.15) is 0 Å². The van der Waals surface area contributed by atoms with E-state index < -0.39 is 32.7 Å². The maximum Gasteiger partial charge on any atom is 0.415 e. The second-order valence-electron chi connectivity index (χ2n) is 15.3. The van der Waals surface area contributed by atoms with Crippen molar-refractivity contribution in [3.05, 3.63) is 65.9 Å². The molecule has 2 aromatic carbocycles. The molecule has 3 aromatic rings. The van der Waals surface area contributed by atoms with E-state index in [0.717, 1.165) is 72.9 Å². The third-order valence-electron chi connectivity index (χ3n) is 11.7. The van der Waals surface area contributed by atoms with Crippen molar-refractivity contribution in [2.24, 2.45) is 5.41 Å². The zero-order valence-corrected chi connectivity index (χ0v) is 30.2. The minimum absolute atomic E-state index is 0.0679. The number of piperazine rings is 1. The fourth-order valence-corrected chi connectivity index (χ4v) is 10.0. The van der Waals surface area contributed by atoms with Crippen LogP contribution in [0.3, 0.4) is 0 Å². The summed E-state index contributed by atoms with van der Waals surface area (Å²) in [5, 5.41) is 0.517. The Morgan fingerprint density at radius 2 is 1.63 bits per heavy atom. The van der Waals surface area contributed by atoms with Crippen LogP contribution in [0.25, 0.3) is 22.2 Å². The van der Waals surface area contributed by atoms with Gasteiger partial charge in [0.15, 0.2) is 0 Å². The van der Waals surface area contributed by atoms with E-state index in [1.165, 1.54) is 12.0 Å². The van der Waals surface area contributed by atoms with Crippen molar-refractivity contribution in [1.82, 2.24) is 19.1 Å². The summed E-state index contributed by atoms with van der Waals surface area (Å²) in [7, 11) is -2.09. The Morgan fingerprint density at radius 3 is 2.24 bits per heavy atom. The van der Waals surface area contributed by atoms with Crippen LogP contribution in [0.5, 0.6) is 5.75 Å². The fourth-order valence-electron chi connectivity index (χ4n) is 8.74. The van der Waals surface area contributed by atoms with Gasteiger partial charge in [-0.1, -0.05) is 31.9 Å². The molecule has 1 N–H and O–H groups in total. The number of rotatable bonds is 10. The highest BCUT2D eigenvalue weighted by Crippen LogP contribution is 2.53. The zero-order valence-electron chi connectivity index (χ0n) is 29.4. The lowest BCUT2D eigenvalue weighted by Crippen LogP contribution is -2.52. The van der Waals surface area contributed by atoms with Gasteiger partial charge in [-0.3, -0.25) is 9.59 Å². The minimum atomic E-state index is -3.73. The molecule has 270 valence electrons. The number of carbonyl (C=O) groups is 3. The SMILES string of the molecule is C=C(C)OC(=O)N1C[C@@H]2C[C@H]1CN2C(=O)C1(Cn2c(-c3ccc(OC)cc3)c(C3CCCCC3)c3ccc(C(=O)NS(=O)(=O)C4CC4)cc32)CC1. The van der Waals surface area contributed by atoms with Crippen LogP contribution in [0.1, 0.15) is 93.0 Å². The molecule has 3 heterocycles. The van der Waals surface area contributed by atoms with Gasteiger partial charge in [-0.15, -0.1) is 0 Å². The van der Waals surface area contributed by atoms with Crippen LogP contribution in [0.2, 0.25) is 0 Å². The van der Waals surface area contributed by atoms with Gasteiger partial charge >= 0.3 is 6.09 Å². The molecule has 51 heavy (non-hydrogen) atoms. The first-order chi connectivity index (χ1) is 24.5. The van der Waals surface area contributed by atoms with Crippen LogP contribution >= 0.6 is 0 Å². The number of methoxy groups -OCH3 is 1. The van der Waals surface area contributed by atoms with Crippen LogP contribution in [0, 0.1) is 5.41 Å². The maximum absolute atomic E-state index is 14.6. The average Bonchev–Trinajstić information content (AvgIpc) is 4.03. The number of hydrogen-bond donors (Lipinski definition) is 1. The van der Waals surface area contributed by atoms with Gasteiger partial charge in [-0.25, -0.2) is 17.9 Å². The first kappa shape index (κ1) is 33.8. The number of nitrogens with zero attached hydrogens (tertiary/aromatic N) is 3. The van der Waals surface area contributed by atoms with Crippen molar-refractivity contribution in [2.45, 2.75) is 101 Å². The molecule has 0 spiro atoms. The highest BCUT2D eigenvalue weighted by Gasteiger charge is 2.57. The molecule has 0 radical (unpaired) electrons. The molecule has 3 aliphatic carbocycles. The summed E-state index contributed by atoms with van der Waals surface area (Å²) >= 11 is 0. The molecule has 0 unspecified atom stereocenters. The van der Waals surface area contributed by atoms with Gasteiger partial charge in [0, 0.05) is 36.1 Å². The van der Waals surface area contributed by atoms with E-state index in [1.807, 2.05) is 29.2 Å². The Labute approximate surface area is 299 Å². The Hall–Kier alpha value is -4.32. The Morgan fingerprint density at radius 1 is 0.941 bits per heavy atom. The van der Waals surface area contributed by atoms with Crippen molar-refractivity contribution in [2.75, 3.05) is 20.2 Å². The Balaban J connectivity index is 1.19. The maximum atomic E-state index is 14.6. The lowest BCUT2D eigenvalue weighted by atomic mass is 9.81. The molecule has 11 nitrogen and oxygen atoms in total. The highest BCUT2D eigenvalue weighted by molar-refractivity contribution is 7.91. The van der Waals surface area contributed by atoms with Gasteiger partial charge in [0.05, 0.1) is 41.3 Å². The largest absolute Gasteiger partial charge is 0.497 e. The highest BCUT2D eigenvalue weighted by atomic mass is 32.2. The van der Waals surface area contributed by atoms with E-state index in [9.17, 15) is 22.8 Å². The summed E-state index contributed by atoms with van der Waals surface area (Å²) in [6, 6.07) is 13.4. The zero-order chi connectivity index (χ0) is 35.7. The summed E-state index contributed by atoms with van der Waals surface area (Å²) in [5.74, 6) is 0.864. The smallest absolute Gasteiger partial charge is 0.415 e. The van der Waals surface area contributed by atoms with E-state index >= 15 is 0 Å². The number of benzene rings is 2. The van der Waals surface area contributed by atoms with Crippen molar-refractivity contribution in [3.8, 4) is 17.0 Å². The molecule has 2 aliphatic heterocycles. The third kappa shape index (κ3) is 6.19. The number of likely N-dealkylation sites (tertiary alicyclic amines) is 2. The molecule has 12 heteroatoms. The number of hydrogen-bond acceptors (Lipinski definition) is 7. The summed E-state index contributed by atoms with van der Waals surface area (Å²) in [6.07, 6.45) is 8.48. The molecule has 2 saturated heterocycles. The van der Waals surface area contributed by atoms with E-state index in [2.05, 4.69) is 28.0 Å². The fraction of sp³-hybridized carbons (Fsp3) is 0.513. The van der Waals surface area contributed by atoms with Crippen molar-refractivity contribution >= 4 is 38.8 Å². The molecule has 3 saturated carbocycles. The predicted octanol–water partition coefficient (Wildman–Crippen LogP) is 6.32. The summed E-state index contributed by atoms with van der Waals surface area (Å²) in [6.45, 7) is 6.68. The summed E-state index contributed by atoms with van der Waals surface area (Å²) < 4.78 is 40.8. The van der Waals surface area contributed by atoms with E-state index in [0.29, 0.717) is 44.2 Å². The van der Waals surface area contributed by atoms with Crippen LogP contribution in [0.15, 0.2) is 54.8 Å². The molecule has 5 fully saturated rings. The molecule has 3 amide bonds. The van der Waals surface area contributed by atoms with E-state index in [1.54, 1.807) is 25.0 Å². The third-order valence-corrected chi connectivity index (χ3v) is 13.5. The number of nitrogens with one attached hydrogen (secondary N) is 1. The number of sulfonamides is 1. The predicted molar refractivity (Wildman–Crippen MR) is 193 cm³/mol. The Bertz CT molecular complexity index is 2020. The number of amides is 3. The number of allylic oxidation sites excluding steroid dienone is 1. The van der Waals surface area contributed by atoms with Crippen molar-refractivity contribution in [3.63, 3.8) is 0 Å². The number of carbonyl (C=O) groups excluding carboxylic acids is 3. The van der Waals surface area contributed by atoms with Gasteiger partial charge < -0.3 is 23.8 Å². The normalized spacial score (nSPS) is 22.6. The second kappa shape index (κ2) is 12.7. The quantitative estimate of drug-likeness (QED) is 0.244. The molecule has 5 aliphatic rings. The van der Waals surface area contributed by atoms with Crippen LogP contribution in [-0.4, -0.2) is 78.2 Å². The molecule has 2 atom stereocenters. The van der Waals surface area contributed by atoms with Gasteiger partial charge in [-0.05, 0) is 105 Å². The van der Waals surface area contributed by atoms with E-state index in [4.69, 9.17) is 9.47 Å². The van der Waals surface area contributed by atoms with Crippen molar-refractivity contribution < 1.29 is 32.3 Å². The van der Waals surface area contributed by atoms with E-state index in [-0.39, 0.29) is 23.6 Å². The monoisotopic (exact) mass is 714 g/mol. The summed E-state index contributed by atoms with van der Waals surface area (Å²) in [4.78, 5) is 44.4. The molecular weight excluding hydrogens is 669 g/mol. The summed E-state index contributed by atoms with van der Waals surface area (Å²) in [5.41, 5.74) is 3.74. The average molecular weight is 715 g/mol. The standard InChI is InChI=1S/C39H46N4O7S/c1-24(2)50-38(46)42-22-28-20-29(42)21-41(28)37(45)39(17-18-39)23-43-33-19-27(36(44)40-51(47,48)31-14-15-31)11-16-32(33)34(25-7-5-4-6-8-25)35(43)26-9-12-30(49-3)13-10-26/h9-13,16,19,25,28-29,31H,1,4-8,14-15,17-18,20-23H2,2-3H3,(H,40,44)/t28-,29-/m0/s1. The molecule has 1 aromatic heterocycles. The van der Waals surface area contributed by atoms with Gasteiger partial charge in [0.1, 0.15) is 5.75 Å². The number of fused-ring (bicyclic) bond motifs is 3. The first-order valence-corrected chi connectivity index (χ1v) is 19.8. The van der Waals surface area contributed by atoms with Crippen LogP contribution in [0.4, 0.5) is 4.79 Å². The van der Waals surface area contributed by atoms with Gasteiger partial charge in [0.25, 0.3) is 5.91 Å². The lowest BCUT2D eigenvalue weighted by molar-refractivity contribution is -0.139. The van der Waals surface area contributed by atoms with Gasteiger partial charge in [0.2, 0.25) is 15.9 Å². The molecular formula is C39H46N4O7S. The number of ether oxygens (including phenoxy) is 2. The number of aromatic nitrogens is 1. The molecule has 2 bridgehead atoms. The van der Waals surface area contributed by atoms with Crippen LogP contribution in [-0.2, 0) is 26.1 Å². The van der Waals surface area contributed by atoms with Crippen molar-refractivity contribution in [1.29, 1.82) is 0 Å². The van der Waals surface area contributed by atoms with Crippen LogP contribution < -0.4 is 9.46 Å².